The summed E-state index contributed by atoms with van der Waals surface area (Å²) in [5.41, 5.74) is -0.0427. The van der Waals surface area contributed by atoms with Crippen LogP contribution >= 0.6 is 23.2 Å². The molecule has 1 rings (SSSR count). The second-order valence-electron chi connectivity index (χ2n) is 3.90. The minimum Gasteiger partial charge on any atom is -0.387 e. The van der Waals surface area contributed by atoms with Crippen molar-refractivity contribution in [1.82, 2.24) is 0 Å². The summed E-state index contributed by atoms with van der Waals surface area (Å²) >= 11 is 12.0. The fraction of sp³-hybridized carbons (Fsp3) is 0.500. The quantitative estimate of drug-likeness (QED) is 0.883. The van der Waals surface area contributed by atoms with Crippen LogP contribution in [0, 0.1) is 0 Å². The van der Waals surface area contributed by atoms with Crippen molar-refractivity contribution in [3.05, 3.63) is 33.8 Å². The van der Waals surface area contributed by atoms with Crippen LogP contribution in [-0.2, 0) is 11.2 Å². The summed E-state index contributed by atoms with van der Waals surface area (Å²) in [6.45, 7) is 2.20. The molecule has 1 aromatic rings. The zero-order valence-corrected chi connectivity index (χ0v) is 11.0. The molecule has 0 aliphatic rings. The van der Waals surface area contributed by atoms with E-state index in [0.29, 0.717) is 22.9 Å². The molecule has 1 unspecified atom stereocenters. The number of hydrogen-bond acceptors (Lipinski definition) is 2. The first-order valence-electron chi connectivity index (χ1n) is 5.16. The molecular weight excluding hydrogens is 247 g/mol. The van der Waals surface area contributed by atoms with E-state index in [9.17, 15) is 5.11 Å². The van der Waals surface area contributed by atoms with Crippen molar-refractivity contribution in [2.75, 3.05) is 13.7 Å². The van der Waals surface area contributed by atoms with Crippen LogP contribution in [0.25, 0.3) is 0 Å². The Kier molecular flexibility index (Phi) is 5.06. The monoisotopic (exact) mass is 262 g/mol. The Bertz CT molecular complexity index is 355. The fourth-order valence-electron chi connectivity index (χ4n) is 1.59. The van der Waals surface area contributed by atoms with Gasteiger partial charge in [0.1, 0.15) is 0 Å². The van der Waals surface area contributed by atoms with Crippen LogP contribution in [0.5, 0.6) is 0 Å². The molecule has 0 saturated heterocycles. The van der Waals surface area contributed by atoms with E-state index in [4.69, 9.17) is 27.9 Å². The van der Waals surface area contributed by atoms with Gasteiger partial charge in [0.25, 0.3) is 0 Å². The number of methoxy groups -OCH3 is 1. The fourth-order valence-corrected chi connectivity index (χ4v) is 1.97. The van der Waals surface area contributed by atoms with Crippen molar-refractivity contribution in [2.24, 2.45) is 0 Å². The van der Waals surface area contributed by atoms with E-state index >= 15 is 0 Å². The summed E-state index contributed by atoms with van der Waals surface area (Å²) in [6.07, 6.45) is 1.04. The first kappa shape index (κ1) is 13.8. The zero-order valence-electron chi connectivity index (χ0n) is 9.46. The maximum Gasteiger partial charge on any atom is 0.0917 e. The summed E-state index contributed by atoms with van der Waals surface area (Å²) in [5, 5.41) is 11.3. The molecule has 1 aromatic carbocycles. The molecule has 4 heteroatoms. The Hall–Kier alpha value is -0.280. The third-order valence-corrected chi connectivity index (χ3v) is 3.48. The van der Waals surface area contributed by atoms with Crippen molar-refractivity contribution >= 4 is 23.2 Å². The van der Waals surface area contributed by atoms with Crippen LogP contribution in [0.4, 0.5) is 0 Å². The van der Waals surface area contributed by atoms with Gasteiger partial charge in [-0.1, -0.05) is 42.3 Å². The molecule has 90 valence electrons. The van der Waals surface area contributed by atoms with Crippen molar-refractivity contribution in [1.29, 1.82) is 0 Å². The highest BCUT2D eigenvalue weighted by Crippen LogP contribution is 2.29. The number of aliphatic hydroxyl groups is 1. The minimum atomic E-state index is -0.886. The van der Waals surface area contributed by atoms with Crippen LogP contribution in [-0.4, -0.2) is 24.4 Å². The third kappa shape index (κ3) is 3.36. The average Bonchev–Trinajstić information content (AvgIpc) is 2.25. The average molecular weight is 263 g/mol. The summed E-state index contributed by atoms with van der Waals surface area (Å²) in [6, 6.07) is 5.42. The smallest absolute Gasteiger partial charge is 0.0917 e. The van der Waals surface area contributed by atoms with E-state index in [1.54, 1.807) is 13.2 Å². The Morgan fingerprint density at radius 1 is 1.38 bits per heavy atom. The topological polar surface area (TPSA) is 29.5 Å². The highest BCUT2D eigenvalue weighted by atomic mass is 35.5. The largest absolute Gasteiger partial charge is 0.387 e. The molecule has 0 bridgehead atoms. The number of benzene rings is 1. The molecule has 0 radical (unpaired) electrons. The van der Waals surface area contributed by atoms with Crippen molar-refractivity contribution in [3.8, 4) is 0 Å². The normalized spacial score (nSPS) is 14.8. The lowest BCUT2D eigenvalue weighted by Gasteiger charge is -2.26. The molecule has 0 saturated carbocycles. The van der Waals surface area contributed by atoms with Gasteiger partial charge in [0.05, 0.1) is 22.3 Å². The molecule has 0 amide bonds. The van der Waals surface area contributed by atoms with Crippen LogP contribution in [0.3, 0.4) is 0 Å². The van der Waals surface area contributed by atoms with E-state index in [1.807, 2.05) is 19.1 Å². The lowest BCUT2D eigenvalue weighted by Crippen LogP contribution is -2.36. The molecule has 2 nitrogen and oxygen atoms in total. The van der Waals surface area contributed by atoms with Crippen LogP contribution < -0.4 is 0 Å². The van der Waals surface area contributed by atoms with E-state index in [-0.39, 0.29) is 6.61 Å². The molecule has 0 spiro atoms. The Balaban J connectivity index is 2.90. The summed E-state index contributed by atoms with van der Waals surface area (Å²) in [7, 11) is 1.57. The molecule has 0 aromatic heterocycles. The van der Waals surface area contributed by atoms with Crippen molar-refractivity contribution in [3.63, 3.8) is 0 Å². The zero-order chi connectivity index (χ0) is 12.2. The number of hydrogen-bond donors (Lipinski definition) is 1. The highest BCUT2D eigenvalue weighted by molar-refractivity contribution is 6.42. The first-order valence-corrected chi connectivity index (χ1v) is 5.92. The summed E-state index contributed by atoms with van der Waals surface area (Å²) in [5.74, 6) is 0. The van der Waals surface area contributed by atoms with Gasteiger partial charge in [-0.15, -0.1) is 0 Å². The van der Waals surface area contributed by atoms with Crippen molar-refractivity contribution in [2.45, 2.75) is 25.4 Å². The lowest BCUT2D eigenvalue weighted by molar-refractivity contribution is -0.0333. The Labute approximate surface area is 106 Å². The minimum absolute atomic E-state index is 0.284. The van der Waals surface area contributed by atoms with Crippen molar-refractivity contribution < 1.29 is 9.84 Å². The SMILES string of the molecule is CCC(O)(COC)Cc1cccc(Cl)c1Cl. The number of rotatable bonds is 5. The summed E-state index contributed by atoms with van der Waals surface area (Å²) in [4.78, 5) is 0. The second-order valence-corrected chi connectivity index (χ2v) is 4.69. The van der Waals surface area contributed by atoms with E-state index < -0.39 is 5.60 Å². The molecule has 1 N–H and O–H groups in total. The lowest BCUT2D eigenvalue weighted by atomic mass is 9.93. The number of halogens is 2. The third-order valence-electron chi connectivity index (χ3n) is 2.62. The van der Waals surface area contributed by atoms with Crippen LogP contribution in [0.15, 0.2) is 18.2 Å². The predicted molar refractivity (Wildman–Crippen MR) is 67.3 cm³/mol. The van der Waals surface area contributed by atoms with Crippen LogP contribution in [0.1, 0.15) is 18.9 Å². The first-order chi connectivity index (χ1) is 7.52. The standard InChI is InChI=1S/C12H16Cl2O2/c1-3-12(15,8-16-2)7-9-5-4-6-10(13)11(9)14/h4-6,15H,3,7-8H2,1-2H3. The van der Waals surface area contributed by atoms with E-state index in [1.165, 1.54) is 0 Å². The second kappa shape index (κ2) is 5.87. The Morgan fingerprint density at radius 3 is 2.62 bits per heavy atom. The van der Waals surface area contributed by atoms with E-state index in [2.05, 4.69) is 0 Å². The van der Waals surface area contributed by atoms with Gasteiger partial charge in [0, 0.05) is 13.5 Å². The predicted octanol–water partition coefficient (Wildman–Crippen LogP) is 3.32. The van der Waals surface area contributed by atoms with Gasteiger partial charge in [0.15, 0.2) is 0 Å². The highest BCUT2D eigenvalue weighted by Gasteiger charge is 2.26. The molecule has 16 heavy (non-hydrogen) atoms. The molecule has 0 aliphatic heterocycles. The van der Waals surface area contributed by atoms with Gasteiger partial charge in [-0.05, 0) is 18.1 Å². The van der Waals surface area contributed by atoms with Gasteiger partial charge in [-0.2, -0.15) is 0 Å². The number of ether oxygens (including phenoxy) is 1. The Morgan fingerprint density at radius 2 is 2.06 bits per heavy atom. The molecule has 0 aliphatic carbocycles. The maximum atomic E-state index is 10.3. The van der Waals surface area contributed by atoms with Gasteiger partial charge in [-0.3, -0.25) is 0 Å². The van der Waals surface area contributed by atoms with Gasteiger partial charge in [-0.25, -0.2) is 0 Å². The van der Waals surface area contributed by atoms with Crippen LogP contribution in [0.2, 0.25) is 10.0 Å². The van der Waals surface area contributed by atoms with Gasteiger partial charge >= 0.3 is 0 Å². The van der Waals surface area contributed by atoms with Gasteiger partial charge in [0.2, 0.25) is 0 Å². The molecule has 1 atom stereocenters. The summed E-state index contributed by atoms with van der Waals surface area (Å²) < 4.78 is 5.01. The maximum absolute atomic E-state index is 10.3. The van der Waals surface area contributed by atoms with E-state index in [0.717, 1.165) is 5.56 Å². The molecule has 0 fully saturated rings. The molecule has 0 heterocycles. The van der Waals surface area contributed by atoms with Gasteiger partial charge < -0.3 is 9.84 Å². The molecular formula is C12H16Cl2O2.